The minimum Gasteiger partial charge on any atom is -0.398 e. The zero-order valence-electron chi connectivity index (χ0n) is 10.0. The van der Waals surface area contributed by atoms with Gasteiger partial charge in [0.05, 0.1) is 11.8 Å². The summed E-state index contributed by atoms with van der Waals surface area (Å²) in [5.74, 6) is -0.571. The van der Waals surface area contributed by atoms with Gasteiger partial charge in [-0.05, 0) is 30.3 Å². The molecular weight excluding hydrogens is 266 g/mol. The lowest BCUT2D eigenvalue weighted by atomic mass is 10.2. The molecule has 20 heavy (non-hydrogen) atoms. The Kier molecular flexibility index (Phi) is 2.86. The average Bonchev–Trinajstić information content (AvgIpc) is 2.89. The van der Waals surface area contributed by atoms with E-state index in [-0.39, 0.29) is 17.4 Å². The van der Waals surface area contributed by atoms with Crippen LogP contribution in [0, 0.1) is 11.6 Å². The van der Waals surface area contributed by atoms with E-state index in [0.717, 1.165) is 12.3 Å². The van der Waals surface area contributed by atoms with Gasteiger partial charge in [0.25, 0.3) is 5.89 Å². The number of benzene rings is 1. The van der Waals surface area contributed by atoms with Crippen LogP contribution in [0.5, 0.6) is 0 Å². The van der Waals surface area contributed by atoms with Gasteiger partial charge in [0.2, 0.25) is 5.82 Å². The van der Waals surface area contributed by atoms with E-state index in [4.69, 9.17) is 10.3 Å². The van der Waals surface area contributed by atoms with Gasteiger partial charge in [0, 0.05) is 5.69 Å². The van der Waals surface area contributed by atoms with Crippen LogP contribution in [-0.2, 0) is 0 Å². The third kappa shape index (κ3) is 2.20. The minimum atomic E-state index is -0.458. The molecule has 5 nitrogen and oxygen atoms in total. The van der Waals surface area contributed by atoms with E-state index >= 15 is 0 Å². The van der Waals surface area contributed by atoms with Gasteiger partial charge in [-0.25, -0.2) is 13.8 Å². The molecule has 7 heteroatoms. The van der Waals surface area contributed by atoms with Crippen molar-refractivity contribution in [3.8, 4) is 23.0 Å². The van der Waals surface area contributed by atoms with Crippen molar-refractivity contribution in [2.24, 2.45) is 0 Å². The molecule has 3 rings (SSSR count). The summed E-state index contributed by atoms with van der Waals surface area (Å²) in [5, 5.41) is 3.74. The zero-order valence-corrected chi connectivity index (χ0v) is 10.0. The molecule has 2 heterocycles. The second-order valence-electron chi connectivity index (χ2n) is 4.02. The zero-order chi connectivity index (χ0) is 14.1. The van der Waals surface area contributed by atoms with E-state index < -0.39 is 11.6 Å². The number of pyridine rings is 1. The monoisotopic (exact) mass is 274 g/mol. The van der Waals surface area contributed by atoms with E-state index in [9.17, 15) is 8.78 Å². The molecule has 100 valence electrons. The number of hydrogen-bond acceptors (Lipinski definition) is 5. The van der Waals surface area contributed by atoms with Crippen molar-refractivity contribution < 1.29 is 13.3 Å². The smallest absolute Gasteiger partial charge is 0.260 e. The fourth-order valence-corrected chi connectivity index (χ4v) is 1.67. The number of halogens is 2. The maximum absolute atomic E-state index is 13.0. The third-order valence-corrected chi connectivity index (χ3v) is 2.63. The lowest BCUT2D eigenvalue weighted by molar-refractivity contribution is 0.432. The molecule has 0 spiro atoms. The van der Waals surface area contributed by atoms with Crippen LogP contribution in [0.4, 0.5) is 14.5 Å². The van der Waals surface area contributed by atoms with Gasteiger partial charge in [-0.3, -0.25) is 0 Å². The van der Waals surface area contributed by atoms with Gasteiger partial charge in [0.1, 0.15) is 17.3 Å². The summed E-state index contributed by atoms with van der Waals surface area (Å²) >= 11 is 0. The van der Waals surface area contributed by atoms with E-state index in [2.05, 4.69) is 15.1 Å². The number of hydrogen-bond donors (Lipinski definition) is 1. The maximum atomic E-state index is 13.0. The molecule has 2 aromatic heterocycles. The van der Waals surface area contributed by atoms with Gasteiger partial charge in [-0.15, -0.1) is 0 Å². The first-order valence-corrected chi connectivity index (χ1v) is 5.64. The van der Waals surface area contributed by atoms with Crippen molar-refractivity contribution in [3.05, 3.63) is 48.2 Å². The summed E-state index contributed by atoms with van der Waals surface area (Å²) in [7, 11) is 0. The van der Waals surface area contributed by atoms with Gasteiger partial charge in [0.15, 0.2) is 0 Å². The Morgan fingerprint density at radius 3 is 2.55 bits per heavy atom. The highest BCUT2D eigenvalue weighted by atomic mass is 19.1. The molecule has 0 aliphatic heterocycles. The first kappa shape index (κ1) is 12.2. The van der Waals surface area contributed by atoms with Gasteiger partial charge >= 0.3 is 0 Å². The molecule has 0 amide bonds. The molecule has 0 bridgehead atoms. The minimum absolute atomic E-state index is 0.142. The quantitative estimate of drug-likeness (QED) is 0.727. The predicted molar refractivity (Wildman–Crippen MR) is 67.3 cm³/mol. The summed E-state index contributed by atoms with van der Waals surface area (Å²) in [4.78, 5) is 7.95. The van der Waals surface area contributed by atoms with Gasteiger partial charge in [-0.2, -0.15) is 4.98 Å². The van der Waals surface area contributed by atoms with Crippen molar-refractivity contribution in [2.45, 2.75) is 0 Å². The Morgan fingerprint density at radius 1 is 1.05 bits per heavy atom. The topological polar surface area (TPSA) is 77.8 Å². The molecule has 3 aromatic rings. The van der Waals surface area contributed by atoms with Crippen LogP contribution >= 0.6 is 0 Å². The highest BCUT2D eigenvalue weighted by Gasteiger charge is 2.14. The molecule has 0 aliphatic rings. The van der Waals surface area contributed by atoms with E-state index in [1.54, 1.807) is 0 Å². The predicted octanol–water partition coefficient (Wildman–Crippen LogP) is 2.66. The Hall–Kier alpha value is -2.83. The summed E-state index contributed by atoms with van der Waals surface area (Å²) in [6.07, 6.45) is 1.05. The molecule has 0 radical (unpaired) electrons. The fourth-order valence-electron chi connectivity index (χ4n) is 1.67. The van der Waals surface area contributed by atoms with E-state index in [1.165, 1.54) is 24.3 Å². The maximum Gasteiger partial charge on any atom is 0.260 e. The summed E-state index contributed by atoms with van der Waals surface area (Å²) in [6, 6.07) is 6.52. The largest absolute Gasteiger partial charge is 0.398 e. The standard InChI is InChI=1S/C13H8F2N4O/c14-7-1-3-9(10(16)5-7)13-18-12(19-20-13)11-4-2-8(15)6-17-11/h1-6H,16H2. The molecule has 0 unspecified atom stereocenters. The summed E-state index contributed by atoms with van der Waals surface area (Å²) < 4.78 is 30.8. The van der Waals surface area contributed by atoms with Crippen molar-refractivity contribution in [3.63, 3.8) is 0 Å². The number of nitrogen functional groups attached to an aromatic ring is 1. The Labute approximate surface area is 112 Å². The summed E-state index contributed by atoms with van der Waals surface area (Å²) in [5.41, 5.74) is 6.66. The van der Waals surface area contributed by atoms with Crippen molar-refractivity contribution in [1.82, 2.24) is 15.1 Å². The normalized spacial score (nSPS) is 10.7. The van der Waals surface area contributed by atoms with Crippen LogP contribution in [0.1, 0.15) is 0 Å². The SMILES string of the molecule is Nc1cc(F)ccc1-c1nc(-c2ccc(F)cn2)no1. The fraction of sp³-hybridized carbons (Fsp3) is 0. The summed E-state index contributed by atoms with van der Waals surface area (Å²) in [6.45, 7) is 0. The van der Waals surface area contributed by atoms with Crippen LogP contribution in [0.25, 0.3) is 23.0 Å². The number of rotatable bonds is 2. The Bertz CT molecular complexity index is 755. The van der Waals surface area contributed by atoms with Crippen LogP contribution in [0.15, 0.2) is 41.1 Å². The van der Waals surface area contributed by atoms with E-state index in [0.29, 0.717) is 11.3 Å². The molecule has 0 saturated heterocycles. The first-order chi connectivity index (χ1) is 9.63. The Morgan fingerprint density at radius 2 is 1.85 bits per heavy atom. The second-order valence-corrected chi connectivity index (χ2v) is 4.02. The van der Waals surface area contributed by atoms with Crippen molar-refractivity contribution >= 4 is 5.69 Å². The van der Waals surface area contributed by atoms with E-state index in [1.807, 2.05) is 0 Å². The number of aromatic nitrogens is 3. The number of nitrogens with two attached hydrogens (primary N) is 1. The third-order valence-electron chi connectivity index (χ3n) is 2.63. The molecule has 0 aliphatic carbocycles. The number of nitrogens with zero attached hydrogens (tertiary/aromatic N) is 3. The molecule has 0 atom stereocenters. The van der Waals surface area contributed by atoms with Gasteiger partial charge < -0.3 is 10.3 Å². The molecule has 0 saturated carbocycles. The molecular formula is C13H8F2N4O. The van der Waals surface area contributed by atoms with Crippen LogP contribution in [-0.4, -0.2) is 15.1 Å². The van der Waals surface area contributed by atoms with Crippen LogP contribution < -0.4 is 5.73 Å². The lowest BCUT2D eigenvalue weighted by Gasteiger charge is -1.99. The highest BCUT2D eigenvalue weighted by Crippen LogP contribution is 2.26. The lowest BCUT2D eigenvalue weighted by Crippen LogP contribution is -1.91. The van der Waals surface area contributed by atoms with Crippen LogP contribution in [0.3, 0.4) is 0 Å². The van der Waals surface area contributed by atoms with Gasteiger partial charge in [-0.1, -0.05) is 5.16 Å². The second kappa shape index (κ2) is 4.69. The molecule has 2 N–H and O–H groups in total. The average molecular weight is 274 g/mol. The number of anilines is 1. The van der Waals surface area contributed by atoms with Crippen molar-refractivity contribution in [2.75, 3.05) is 5.73 Å². The Balaban J connectivity index is 1.99. The molecule has 1 aromatic carbocycles. The highest BCUT2D eigenvalue weighted by molar-refractivity contribution is 5.71. The molecule has 0 fully saturated rings. The first-order valence-electron chi connectivity index (χ1n) is 5.64. The van der Waals surface area contributed by atoms with Crippen LogP contribution in [0.2, 0.25) is 0 Å². The van der Waals surface area contributed by atoms with Crippen molar-refractivity contribution in [1.29, 1.82) is 0 Å².